The number of anilines is 3. The van der Waals surface area contributed by atoms with E-state index in [0.29, 0.717) is 24.8 Å². The van der Waals surface area contributed by atoms with Gasteiger partial charge in [-0.2, -0.15) is 0 Å². The highest BCUT2D eigenvalue weighted by molar-refractivity contribution is 7.94. The summed E-state index contributed by atoms with van der Waals surface area (Å²) >= 11 is 0. The summed E-state index contributed by atoms with van der Waals surface area (Å²) in [5.74, 6) is -2.58. The average molecular weight is 422 g/mol. The Hall–Kier alpha value is -2.81. The normalized spacial score (nSPS) is 20.1. The highest BCUT2D eigenvalue weighted by atomic mass is 32.2. The van der Waals surface area contributed by atoms with Gasteiger partial charge in [-0.25, -0.2) is 17.2 Å². The highest BCUT2D eigenvalue weighted by Crippen LogP contribution is 2.50. The third kappa shape index (κ3) is 3.50. The first-order chi connectivity index (χ1) is 13.7. The van der Waals surface area contributed by atoms with Gasteiger partial charge in [-0.3, -0.25) is 4.72 Å². The number of aryl methyl sites for hydroxylation is 1. The number of aromatic hydroxyl groups is 1. The maximum atomic E-state index is 14.8. The van der Waals surface area contributed by atoms with E-state index in [9.17, 15) is 22.3 Å². The molecule has 1 aliphatic carbocycles. The fraction of sp³-hybridized carbons (Fsp3) is 0.300. The number of hydrogen-bond donors (Lipinski definition) is 3. The molecule has 2 aromatic rings. The Balaban J connectivity index is 1.86. The van der Waals surface area contributed by atoms with Crippen LogP contribution >= 0.6 is 0 Å². The Morgan fingerprint density at radius 1 is 1.21 bits per heavy atom. The Labute approximate surface area is 167 Å². The van der Waals surface area contributed by atoms with Crippen LogP contribution < -0.4 is 14.8 Å². The molecule has 2 aliphatic rings. The van der Waals surface area contributed by atoms with Gasteiger partial charge in [0, 0.05) is 6.07 Å². The van der Waals surface area contributed by atoms with Crippen LogP contribution in [-0.4, -0.2) is 24.9 Å². The summed E-state index contributed by atoms with van der Waals surface area (Å²) in [6, 6.07) is 5.28. The molecule has 1 spiro atoms. The molecule has 2 aromatic carbocycles. The molecular formula is C20H20F2N2O4S. The van der Waals surface area contributed by atoms with E-state index in [1.807, 2.05) is 0 Å². The zero-order chi connectivity index (χ0) is 20.8. The van der Waals surface area contributed by atoms with Crippen LogP contribution in [0, 0.1) is 18.6 Å². The molecule has 1 saturated carbocycles. The van der Waals surface area contributed by atoms with Crippen molar-refractivity contribution in [1.29, 1.82) is 0 Å². The lowest BCUT2D eigenvalue weighted by Gasteiger charge is -2.23. The third-order valence-corrected chi connectivity index (χ3v) is 7.39. The van der Waals surface area contributed by atoms with Crippen molar-refractivity contribution in [3.05, 3.63) is 53.6 Å². The first kappa shape index (κ1) is 19.5. The zero-order valence-electron chi connectivity index (χ0n) is 15.6. The molecule has 0 unspecified atom stereocenters. The fourth-order valence-corrected chi connectivity index (χ4v) is 4.92. The molecule has 3 N–H and O–H groups in total. The van der Waals surface area contributed by atoms with Crippen molar-refractivity contribution >= 4 is 27.1 Å². The number of benzene rings is 2. The molecule has 0 amide bonds. The van der Waals surface area contributed by atoms with Gasteiger partial charge in [0.05, 0.1) is 10.4 Å². The molecule has 1 heterocycles. The molecule has 0 saturated heterocycles. The summed E-state index contributed by atoms with van der Waals surface area (Å²) in [5.41, 5.74) is -0.0212. The molecule has 29 heavy (non-hydrogen) atoms. The first-order valence-electron chi connectivity index (χ1n) is 9.11. The highest BCUT2D eigenvalue weighted by Gasteiger charge is 2.54. The van der Waals surface area contributed by atoms with Crippen molar-refractivity contribution in [2.24, 2.45) is 0 Å². The minimum atomic E-state index is -3.89. The quantitative estimate of drug-likeness (QED) is 0.495. The minimum Gasteiger partial charge on any atom is -0.505 e. The van der Waals surface area contributed by atoms with Gasteiger partial charge in [-0.1, -0.05) is 18.2 Å². The number of phenolic OH excluding ortho intramolecular Hbond substituents is 1. The lowest BCUT2D eigenvalue weighted by Crippen LogP contribution is -2.30. The molecule has 4 rings (SSSR count). The topological polar surface area (TPSA) is 87.7 Å². The maximum Gasteiger partial charge on any atom is 0.238 e. The smallest absolute Gasteiger partial charge is 0.238 e. The van der Waals surface area contributed by atoms with Crippen LogP contribution in [0.25, 0.3) is 0 Å². The molecule has 9 heteroatoms. The second-order valence-electron chi connectivity index (χ2n) is 7.34. The van der Waals surface area contributed by atoms with Gasteiger partial charge in [0.2, 0.25) is 10.0 Å². The van der Waals surface area contributed by atoms with E-state index in [0.717, 1.165) is 6.07 Å². The van der Waals surface area contributed by atoms with Crippen LogP contribution in [0.5, 0.6) is 11.5 Å². The van der Waals surface area contributed by atoms with Gasteiger partial charge in [0.25, 0.3) is 0 Å². The Morgan fingerprint density at radius 3 is 2.66 bits per heavy atom. The maximum absolute atomic E-state index is 14.8. The van der Waals surface area contributed by atoms with Crippen molar-refractivity contribution in [3.63, 3.8) is 0 Å². The van der Waals surface area contributed by atoms with E-state index >= 15 is 0 Å². The summed E-state index contributed by atoms with van der Waals surface area (Å²) in [4.78, 5) is 0. The summed E-state index contributed by atoms with van der Waals surface area (Å²) in [6.45, 7) is 1.81. The standard InChI is InChI=1S/C20H20F2N2O4S/c1-12-4-5-14(13(21)10-12)23-19-17(22)15(25)11-16-18(19)24-29(26,27)20(7-8-20)6-2-3-9-28-16/h2-5,10-11,23-25H,6-9H2,1H3/b3-2+. The predicted molar refractivity (Wildman–Crippen MR) is 106 cm³/mol. The van der Waals surface area contributed by atoms with Crippen molar-refractivity contribution in [2.45, 2.75) is 30.9 Å². The van der Waals surface area contributed by atoms with E-state index in [4.69, 9.17) is 4.74 Å². The van der Waals surface area contributed by atoms with E-state index in [-0.39, 0.29) is 23.7 Å². The number of rotatable bonds is 2. The van der Waals surface area contributed by atoms with Gasteiger partial charge >= 0.3 is 0 Å². The average Bonchev–Trinajstić information content (AvgIpc) is 3.44. The number of nitrogens with one attached hydrogen (secondary N) is 2. The lowest BCUT2D eigenvalue weighted by atomic mass is 10.2. The third-order valence-electron chi connectivity index (χ3n) is 5.20. The molecule has 154 valence electrons. The largest absolute Gasteiger partial charge is 0.505 e. The van der Waals surface area contributed by atoms with E-state index in [1.165, 1.54) is 12.1 Å². The number of fused-ring (bicyclic) bond motifs is 1. The number of hydrogen-bond acceptors (Lipinski definition) is 5. The summed E-state index contributed by atoms with van der Waals surface area (Å²) in [7, 11) is -3.89. The van der Waals surface area contributed by atoms with Crippen LogP contribution in [0.3, 0.4) is 0 Å². The Bertz CT molecular complexity index is 1110. The zero-order valence-corrected chi connectivity index (χ0v) is 16.4. The van der Waals surface area contributed by atoms with Gasteiger partial charge < -0.3 is 15.2 Å². The van der Waals surface area contributed by atoms with Gasteiger partial charge in [-0.05, 0) is 43.9 Å². The lowest BCUT2D eigenvalue weighted by molar-refractivity contribution is 0.358. The first-order valence-corrected chi connectivity index (χ1v) is 10.6. The van der Waals surface area contributed by atoms with Crippen molar-refractivity contribution in [1.82, 2.24) is 0 Å². The number of halogens is 2. The molecule has 1 aliphatic heterocycles. The van der Waals surface area contributed by atoms with E-state index in [2.05, 4.69) is 10.0 Å². The van der Waals surface area contributed by atoms with Crippen LogP contribution in [0.2, 0.25) is 0 Å². The second-order valence-corrected chi connectivity index (χ2v) is 9.42. The van der Waals surface area contributed by atoms with E-state index in [1.54, 1.807) is 25.1 Å². The molecule has 0 radical (unpaired) electrons. The number of ether oxygens (including phenoxy) is 1. The minimum absolute atomic E-state index is 0.0650. The van der Waals surface area contributed by atoms with Crippen molar-refractivity contribution < 1.29 is 27.0 Å². The van der Waals surface area contributed by atoms with Crippen LogP contribution in [0.1, 0.15) is 24.8 Å². The van der Waals surface area contributed by atoms with Crippen molar-refractivity contribution in [3.8, 4) is 11.5 Å². The van der Waals surface area contributed by atoms with Crippen molar-refractivity contribution in [2.75, 3.05) is 16.6 Å². The van der Waals surface area contributed by atoms with E-state index < -0.39 is 37.8 Å². The Morgan fingerprint density at radius 2 is 1.97 bits per heavy atom. The molecule has 0 aromatic heterocycles. The van der Waals surface area contributed by atoms with Crippen LogP contribution in [-0.2, 0) is 10.0 Å². The second kappa shape index (κ2) is 6.91. The van der Waals surface area contributed by atoms with Gasteiger partial charge in [0.15, 0.2) is 11.6 Å². The van der Waals surface area contributed by atoms with Gasteiger partial charge in [0.1, 0.15) is 29.5 Å². The Kier molecular flexibility index (Phi) is 4.65. The SMILES string of the molecule is Cc1ccc(Nc2c(F)c(O)cc3c2NS(=O)(=O)C2(C/C=C/CO3)CC2)c(F)c1. The number of sulfonamides is 1. The number of phenols is 1. The molecule has 0 atom stereocenters. The van der Waals surface area contributed by atoms with Crippen LogP contribution in [0.4, 0.5) is 25.8 Å². The molecule has 6 nitrogen and oxygen atoms in total. The predicted octanol–water partition coefficient (Wildman–Crippen LogP) is 4.34. The summed E-state index contributed by atoms with van der Waals surface area (Å²) < 4.78 is 62.1. The van der Waals surface area contributed by atoms with Crippen LogP contribution in [0.15, 0.2) is 36.4 Å². The van der Waals surface area contributed by atoms with Gasteiger partial charge in [-0.15, -0.1) is 0 Å². The molecule has 0 bridgehead atoms. The fourth-order valence-electron chi connectivity index (χ4n) is 3.28. The summed E-state index contributed by atoms with van der Waals surface area (Å²) in [6.07, 6.45) is 4.70. The number of allylic oxidation sites excluding steroid dienone is 1. The molecule has 1 fully saturated rings. The monoisotopic (exact) mass is 422 g/mol. The summed E-state index contributed by atoms with van der Waals surface area (Å²) in [5, 5.41) is 12.6. The molecular weight excluding hydrogens is 402 g/mol.